The molecule has 164 valence electrons. The predicted octanol–water partition coefficient (Wildman–Crippen LogP) is 5.10. The summed E-state index contributed by atoms with van der Waals surface area (Å²) in [6.07, 6.45) is 0. The van der Waals surface area contributed by atoms with Crippen LogP contribution in [0.2, 0.25) is 0 Å². The minimum Gasteiger partial charge on any atom is -0.478 e. The minimum atomic E-state index is -0.968. The van der Waals surface area contributed by atoms with Crippen LogP contribution in [0.15, 0.2) is 66.7 Å². The molecule has 0 amide bonds. The molecule has 0 aliphatic carbocycles. The summed E-state index contributed by atoms with van der Waals surface area (Å²) in [7, 11) is 0. The van der Waals surface area contributed by atoms with E-state index in [0.717, 1.165) is 33.3 Å². The maximum absolute atomic E-state index is 11.6. The van der Waals surface area contributed by atoms with E-state index >= 15 is 0 Å². The number of hydrogen-bond acceptors (Lipinski definition) is 5. The van der Waals surface area contributed by atoms with Gasteiger partial charge < -0.3 is 9.84 Å². The number of pyridine rings is 2. The number of hydrogen-bond donors (Lipinski definition) is 1. The third-order valence-corrected chi connectivity index (χ3v) is 5.50. The minimum absolute atomic E-state index is 0.235. The lowest BCUT2D eigenvalue weighted by molar-refractivity contribution is 0.0697. The fourth-order valence-electron chi connectivity index (χ4n) is 3.96. The lowest BCUT2D eigenvalue weighted by Gasteiger charge is -2.10. The molecule has 3 heterocycles. The van der Waals surface area contributed by atoms with Crippen LogP contribution in [0, 0.1) is 6.92 Å². The van der Waals surface area contributed by atoms with Crippen molar-refractivity contribution < 1.29 is 14.6 Å². The van der Waals surface area contributed by atoms with Crippen molar-refractivity contribution in [3.8, 4) is 17.3 Å². The highest BCUT2D eigenvalue weighted by molar-refractivity contribution is 5.96. The lowest BCUT2D eigenvalue weighted by atomic mass is 10.0. The van der Waals surface area contributed by atoms with Gasteiger partial charge in [-0.05, 0) is 55.8 Å². The number of benzene rings is 2. The molecule has 0 radical (unpaired) electrons. The highest BCUT2D eigenvalue weighted by Gasteiger charge is 2.15. The summed E-state index contributed by atoms with van der Waals surface area (Å²) in [6.45, 7) is 4.97. The molecule has 0 saturated carbocycles. The Morgan fingerprint density at radius 2 is 1.79 bits per heavy atom. The first-order valence-electron chi connectivity index (χ1n) is 10.7. The lowest BCUT2D eigenvalue weighted by Crippen LogP contribution is -2.06. The van der Waals surface area contributed by atoms with Crippen LogP contribution < -0.4 is 4.74 Å². The quantitative estimate of drug-likeness (QED) is 0.397. The van der Waals surface area contributed by atoms with Crippen LogP contribution in [0.4, 0.5) is 0 Å². The van der Waals surface area contributed by atoms with Gasteiger partial charge in [0.05, 0.1) is 29.9 Å². The number of carboxylic acids is 1. The van der Waals surface area contributed by atoms with Crippen LogP contribution >= 0.6 is 0 Å². The molecule has 0 atom stereocenters. The predicted molar refractivity (Wildman–Crippen MR) is 127 cm³/mol. The Kier molecular flexibility index (Phi) is 5.22. The van der Waals surface area contributed by atoms with E-state index in [1.807, 2.05) is 60.9 Å². The van der Waals surface area contributed by atoms with Gasteiger partial charge in [-0.25, -0.2) is 14.8 Å². The summed E-state index contributed by atoms with van der Waals surface area (Å²) in [5.74, 6) is -0.968. The first-order chi connectivity index (χ1) is 16.0. The standard InChI is InChI=1S/C26H22N4O3/c1-3-33-26-29-23-11-8-16(2)27-24(23)30(26)15-17-9-12-21-18(14-17)10-13-22(28-21)19-6-4-5-7-20(19)25(31)32/h4-14H,3,15H2,1-2H3,(H,31,32). The molecule has 0 aliphatic rings. The van der Waals surface area contributed by atoms with Crippen molar-refractivity contribution >= 4 is 28.0 Å². The van der Waals surface area contributed by atoms with Gasteiger partial charge in [0.1, 0.15) is 5.52 Å². The van der Waals surface area contributed by atoms with Crippen molar-refractivity contribution in [2.75, 3.05) is 6.61 Å². The number of aryl methyl sites for hydroxylation is 1. The highest BCUT2D eigenvalue weighted by atomic mass is 16.5. The molecule has 0 fully saturated rings. The fourth-order valence-corrected chi connectivity index (χ4v) is 3.96. The zero-order chi connectivity index (χ0) is 22.9. The van der Waals surface area contributed by atoms with Gasteiger partial charge in [0.25, 0.3) is 6.01 Å². The van der Waals surface area contributed by atoms with E-state index in [1.165, 1.54) is 0 Å². The van der Waals surface area contributed by atoms with Crippen LogP contribution in [0.25, 0.3) is 33.3 Å². The average Bonchev–Trinajstić information content (AvgIpc) is 3.15. The first kappa shape index (κ1) is 20.6. The zero-order valence-electron chi connectivity index (χ0n) is 18.3. The van der Waals surface area contributed by atoms with E-state index in [4.69, 9.17) is 9.72 Å². The molecule has 3 aromatic heterocycles. The van der Waals surface area contributed by atoms with Crippen molar-refractivity contribution in [3.63, 3.8) is 0 Å². The van der Waals surface area contributed by atoms with Gasteiger partial charge in [-0.2, -0.15) is 4.98 Å². The second-order valence-corrected chi connectivity index (χ2v) is 7.78. The number of fused-ring (bicyclic) bond motifs is 2. The van der Waals surface area contributed by atoms with Gasteiger partial charge in [-0.15, -0.1) is 0 Å². The normalized spacial score (nSPS) is 11.2. The summed E-state index contributed by atoms with van der Waals surface area (Å²) >= 11 is 0. The largest absolute Gasteiger partial charge is 0.478 e. The number of aromatic nitrogens is 4. The smallest absolute Gasteiger partial charge is 0.336 e. The monoisotopic (exact) mass is 438 g/mol. The van der Waals surface area contributed by atoms with Gasteiger partial charge >= 0.3 is 5.97 Å². The molecular weight excluding hydrogens is 416 g/mol. The van der Waals surface area contributed by atoms with Crippen LogP contribution in [0.1, 0.15) is 28.5 Å². The Morgan fingerprint density at radius 1 is 0.970 bits per heavy atom. The number of ether oxygens (including phenoxy) is 1. The topological polar surface area (TPSA) is 90.1 Å². The summed E-state index contributed by atoms with van der Waals surface area (Å²) in [4.78, 5) is 25.6. The molecule has 0 unspecified atom stereocenters. The molecule has 0 bridgehead atoms. The number of imidazole rings is 1. The van der Waals surface area contributed by atoms with Crippen molar-refractivity contribution in [1.29, 1.82) is 0 Å². The SMILES string of the molecule is CCOc1nc2ccc(C)nc2n1Cc1ccc2nc(-c3ccccc3C(=O)O)ccc2c1. The molecular formula is C26H22N4O3. The van der Waals surface area contributed by atoms with Crippen LogP contribution in [0.5, 0.6) is 6.01 Å². The molecule has 0 spiro atoms. The summed E-state index contributed by atoms with van der Waals surface area (Å²) < 4.78 is 7.75. The Hall–Kier alpha value is -4.26. The van der Waals surface area contributed by atoms with Crippen molar-refractivity contribution in [1.82, 2.24) is 19.5 Å². The molecule has 0 aliphatic heterocycles. The van der Waals surface area contributed by atoms with Crippen LogP contribution in [-0.4, -0.2) is 37.2 Å². The molecule has 33 heavy (non-hydrogen) atoms. The van der Waals surface area contributed by atoms with Crippen molar-refractivity contribution in [2.45, 2.75) is 20.4 Å². The van der Waals surface area contributed by atoms with Crippen molar-refractivity contribution in [3.05, 3.63) is 83.6 Å². The number of nitrogens with zero attached hydrogens (tertiary/aromatic N) is 4. The Morgan fingerprint density at radius 3 is 2.61 bits per heavy atom. The second kappa shape index (κ2) is 8.35. The molecule has 2 aromatic carbocycles. The Labute approximate surface area is 190 Å². The molecule has 0 saturated heterocycles. The third kappa shape index (κ3) is 3.89. The first-order valence-corrected chi connectivity index (χ1v) is 10.7. The Balaban J connectivity index is 1.53. The molecule has 7 heteroatoms. The average molecular weight is 438 g/mol. The maximum atomic E-state index is 11.6. The number of rotatable bonds is 6. The number of carbonyl (C=O) groups is 1. The second-order valence-electron chi connectivity index (χ2n) is 7.78. The van der Waals surface area contributed by atoms with Crippen molar-refractivity contribution in [2.24, 2.45) is 0 Å². The van der Waals surface area contributed by atoms with E-state index in [2.05, 4.69) is 16.0 Å². The van der Waals surface area contributed by atoms with Gasteiger partial charge in [0, 0.05) is 16.6 Å². The maximum Gasteiger partial charge on any atom is 0.336 e. The van der Waals surface area contributed by atoms with E-state index < -0.39 is 5.97 Å². The summed E-state index contributed by atoms with van der Waals surface area (Å²) in [5.41, 5.74) is 5.83. The summed E-state index contributed by atoms with van der Waals surface area (Å²) in [6, 6.07) is 21.2. The number of aromatic carboxylic acids is 1. The Bertz CT molecular complexity index is 1510. The molecule has 1 N–H and O–H groups in total. The van der Waals surface area contributed by atoms with E-state index in [0.29, 0.717) is 30.4 Å². The van der Waals surface area contributed by atoms with Crippen LogP contribution in [0.3, 0.4) is 0 Å². The fraction of sp³-hybridized carbons (Fsp3) is 0.154. The van der Waals surface area contributed by atoms with Gasteiger partial charge in [-0.1, -0.05) is 30.3 Å². The molecule has 7 nitrogen and oxygen atoms in total. The molecule has 5 aromatic rings. The third-order valence-electron chi connectivity index (χ3n) is 5.50. The van der Waals surface area contributed by atoms with Gasteiger partial charge in [0.2, 0.25) is 0 Å². The molecule has 5 rings (SSSR count). The zero-order valence-corrected chi connectivity index (χ0v) is 18.3. The van der Waals surface area contributed by atoms with Crippen LogP contribution in [-0.2, 0) is 6.54 Å². The highest BCUT2D eigenvalue weighted by Crippen LogP contribution is 2.27. The van der Waals surface area contributed by atoms with Gasteiger partial charge in [-0.3, -0.25) is 4.57 Å². The number of carboxylic acid groups (broad SMARTS) is 1. The summed E-state index contributed by atoms with van der Waals surface area (Å²) in [5, 5.41) is 10.5. The van der Waals surface area contributed by atoms with E-state index in [-0.39, 0.29) is 5.56 Å². The van der Waals surface area contributed by atoms with Gasteiger partial charge in [0.15, 0.2) is 5.65 Å². The van der Waals surface area contributed by atoms with E-state index in [9.17, 15) is 9.90 Å². The van der Waals surface area contributed by atoms with E-state index in [1.54, 1.807) is 18.2 Å².